The number of hydrogen-bond acceptors (Lipinski definition) is 5. The summed E-state index contributed by atoms with van der Waals surface area (Å²) in [6.45, 7) is 0. The van der Waals surface area contributed by atoms with Gasteiger partial charge in [-0.25, -0.2) is 9.37 Å². The van der Waals surface area contributed by atoms with Crippen LogP contribution in [0.25, 0.3) is 10.2 Å². The minimum absolute atomic E-state index is 0.0115. The fourth-order valence-corrected chi connectivity index (χ4v) is 4.64. The fourth-order valence-electron chi connectivity index (χ4n) is 2.73. The molecular weight excluding hydrogens is 421 g/mol. The van der Waals surface area contributed by atoms with Crippen LogP contribution in [0.1, 0.15) is 10.4 Å². The van der Waals surface area contributed by atoms with Gasteiger partial charge in [0.1, 0.15) is 5.82 Å². The van der Waals surface area contributed by atoms with Gasteiger partial charge >= 0.3 is 0 Å². The Morgan fingerprint density at radius 1 is 0.933 bits per heavy atom. The van der Waals surface area contributed by atoms with E-state index in [-0.39, 0.29) is 17.2 Å². The van der Waals surface area contributed by atoms with Crippen LogP contribution in [0.4, 0.5) is 15.8 Å². The van der Waals surface area contributed by atoms with Gasteiger partial charge in [-0.1, -0.05) is 42.1 Å². The number of carbonyl (C=O) groups is 2. The number of benzene rings is 3. The summed E-state index contributed by atoms with van der Waals surface area (Å²) in [5.74, 6) is -0.945. The van der Waals surface area contributed by atoms with Gasteiger partial charge in [-0.15, -0.1) is 11.3 Å². The Morgan fingerprint density at radius 2 is 1.70 bits per heavy atom. The summed E-state index contributed by atoms with van der Waals surface area (Å²) in [5.41, 5.74) is 2.07. The van der Waals surface area contributed by atoms with Crippen LogP contribution in [0.2, 0.25) is 0 Å². The molecule has 4 aromatic rings. The molecule has 4 rings (SSSR count). The molecule has 0 aliphatic carbocycles. The van der Waals surface area contributed by atoms with Crippen molar-refractivity contribution in [2.75, 3.05) is 16.4 Å². The third-order valence-electron chi connectivity index (χ3n) is 4.13. The minimum Gasteiger partial charge on any atom is -0.325 e. The summed E-state index contributed by atoms with van der Waals surface area (Å²) in [6.07, 6.45) is 0. The summed E-state index contributed by atoms with van der Waals surface area (Å²) < 4.78 is 15.4. The van der Waals surface area contributed by atoms with Gasteiger partial charge < -0.3 is 10.6 Å². The first kappa shape index (κ1) is 20.1. The van der Waals surface area contributed by atoms with Crippen molar-refractivity contribution in [3.63, 3.8) is 0 Å². The maximum absolute atomic E-state index is 13.8. The average molecular weight is 438 g/mol. The van der Waals surface area contributed by atoms with Gasteiger partial charge in [0.25, 0.3) is 5.91 Å². The molecule has 3 aromatic carbocycles. The monoisotopic (exact) mass is 437 g/mol. The van der Waals surface area contributed by atoms with Gasteiger partial charge in [0.05, 0.1) is 21.5 Å². The highest BCUT2D eigenvalue weighted by atomic mass is 32.2. The van der Waals surface area contributed by atoms with E-state index >= 15 is 0 Å². The molecule has 8 heteroatoms. The molecule has 30 heavy (non-hydrogen) atoms. The molecule has 0 saturated heterocycles. The van der Waals surface area contributed by atoms with E-state index in [1.54, 1.807) is 24.3 Å². The first-order valence-electron chi connectivity index (χ1n) is 9.03. The molecule has 2 N–H and O–H groups in total. The highest BCUT2D eigenvalue weighted by Gasteiger charge is 2.13. The molecule has 0 aliphatic heterocycles. The Bertz CT molecular complexity index is 1210. The van der Waals surface area contributed by atoms with Crippen molar-refractivity contribution in [2.24, 2.45) is 0 Å². The molecule has 1 aromatic heterocycles. The minimum atomic E-state index is -0.568. The molecule has 0 bridgehead atoms. The van der Waals surface area contributed by atoms with Crippen molar-refractivity contribution >= 4 is 56.5 Å². The third kappa shape index (κ3) is 4.84. The molecule has 0 aliphatic rings. The van der Waals surface area contributed by atoms with Crippen LogP contribution < -0.4 is 10.6 Å². The van der Waals surface area contributed by atoms with E-state index in [0.29, 0.717) is 5.69 Å². The molecule has 1 heterocycles. The molecule has 2 amide bonds. The number of nitrogens with one attached hydrogen (secondary N) is 2. The number of carbonyl (C=O) groups excluding carboxylic acids is 2. The quantitative estimate of drug-likeness (QED) is 0.395. The number of anilines is 2. The number of aromatic nitrogens is 1. The average Bonchev–Trinajstić information content (AvgIpc) is 3.15. The standard InChI is InChI=1S/C22H16FN3O2S2/c23-17-9-5-4-8-16(17)21(28)25-15-10-11-18-19(12-15)30-22(26-18)29-13-20(27)24-14-6-2-1-3-7-14/h1-12H,13H2,(H,24,27)(H,25,28). The van der Waals surface area contributed by atoms with Gasteiger partial charge in [0.15, 0.2) is 4.34 Å². The van der Waals surface area contributed by atoms with Crippen molar-refractivity contribution in [1.29, 1.82) is 0 Å². The molecular formula is C22H16FN3O2S2. The number of hydrogen-bond donors (Lipinski definition) is 2. The molecule has 0 fully saturated rings. The van der Waals surface area contributed by atoms with Gasteiger partial charge in [-0.05, 0) is 42.5 Å². The number of thioether (sulfide) groups is 1. The number of nitrogens with zero attached hydrogens (tertiary/aromatic N) is 1. The van der Waals surface area contributed by atoms with Gasteiger partial charge in [-0.3, -0.25) is 9.59 Å². The lowest BCUT2D eigenvalue weighted by Gasteiger charge is -2.05. The first-order chi connectivity index (χ1) is 14.6. The van der Waals surface area contributed by atoms with Gasteiger partial charge in [-0.2, -0.15) is 0 Å². The summed E-state index contributed by atoms with van der Waals surface area (Å²) in [4.78, 5) is 28.9. The lowest BCUT2D eigenvalue weighted by molar-refractivity contribution is -0.113. The second kappa shape index (κ2) is 9.06. The summed E-state index contributed by atoms with van der Waals surface area (Å²) in [6, 6.07) is 20.4. The van der Waals surface area contributed by atoms with Crippen molar-refractivity contribution in [3.8, 4) is 0 Å². The predicted octanol–water partition coefficient (Wildman–Crippen LogP) is 5.42. The number of rotatable bonds is 6. The SMILES string of the molecule is O=C(CSc1nc2ccc(NC(=O)c3ccccc3F)cc2s1)Nc1ccccc1. The normalized spacial score (nSPS) is 10.7. The Kier molecular flexibility index (Phi) is 6.06. The van der Waals surface area contributed by atoms with Crippen molar-refractivity contribution in [2.45, 2.75) is 4.34 Å². The van der Waals surface area contributed by atoms with Crippen LogP contribution in [0.15, 0.2) is 77.1 Å². The van der Waals surface area contributed by atoms with E-state index in [2.05, 4.69) is 15.6 Å². The van der Waals surface area contributed by atoms with Crippen molar-refractivity contribution < 1.29 is 14.0 Å². The Labute approximate surface area is 180 Å². The topological polar surface area (TPSA) is 71.1 Å². The second-order valence-corrected chi connectivity index (χ2v) is 8.55. The summed E-state index contributed by atoms with van der Waals surface area (Å²) in [5, 5.41) is 5.54. The van der Waals surface area contributed by atoms with E-state index in [1.165, 1.54) is 41.3 Å². The maximum atomic E-state index is 13.8. The van der Waals surface area contributed by atoms with E-state index in [4.69, 9.17) is 0 Å². The van der Waals surface area contributed by atoms with Crippen LogP contribution in [0.5, 0.6) is 0 Å². The van der Waals surface area contributed by atoms with E-state index < -0.39 is 11.7 Å². The summed E-state index contributed by atoms with van der Waals surface area (Å²) >= 11 is 2.78. The summed E-state index contributed by atoms with van der Waals surface area (Å²) in [7, 11) is 0. The number of thiazole rings is 1. The zero-order valence-corrected chi connectivity index (χ0v) is 17.2. The lowest BCUT2D eigenvalue weighted by atomic mass is 10.2. The molecule has 0 saturated carbocycles. The third-order valence-corrected chi connectivity index (χ3v) is 6.29. The number of para-hydroxylation sites is 1. The number of fused-ring (bicyclic) bond motifs is 1. The van der Waals surface area contributed by atoms with Crippen molar-refractivity contribution in [3.05, 3.63) is 84.2 Å². The molecule has 0 spiro atoms. The molecule has 0 atom stereocenters. The Morgan fingerprint density at radius 3 is 2.50 bits per heavy atom. The predicted molar refractivity (Wildman–Crippen MR) is 120 cm³/mol. The molecule has 0 unspecified atom stereocenters. The highest BCUT2D eigenvalue weighted by Crippen LogP contribution is 2.31. The largest absolute Gasteiger partial charge is 0.325 e. The molecule has 0 radical (unpaired) electrons. The smallest absolute Gasteiger partial charge is 0.258 e. The van der Waals surface area contributed by atoms with Crippen LogP contribution in [-0.4, -0.2) is 22.6 Å². The van der Waals surface area contributed by atoms with Gasteiger partial charge in [0, 0.05) is 11.4 Å². The van der Waals surface area contributed by atoms with Crippen molar-refractivity contribution in [1.82, 2.24) is 4.98 Å². The Hall–Kier alpha value is -3.23. The molecule has 150 valence electrons. The van der Waals surface area contributed by atoms with Crippen LogP contribution in [-0.2, 0) is 4.79 Å². The van der Waals surface area contributed by atoms with Crippen LogP contribution >= 0.6 is 23.1 Å². The lowest BCUT2D eigenvalue weighted by Crippen LogP contribution is -2.13. The van der Waals surface area contributed by atoms with E-state index in [0.717, 1.165) is 20.2 Å². The number of halogens is 1. The molecule has 5 nitrogen and oxygen atoms in total. The second-order valence-electron chi connectivity index (χ2n) is 6.30. The van der Waals surface area contributed by atoms with Crippen LogP contribution in [0.3, 0.4) is 0 Å². The Balaban J connectivity index is 1.40. The number of amides is 2. The van der Waals surface area contributed by atoms with E-state index in [9.17, 15) is 14.0 Å². The van der Waals surface area contributed by atoms with Crippen LogP contribution in [0, 0.1) is 5.82 Å². The van der Waals surface area contributed by atoms with E-state index in [1.807, 2.05) is 30.3 Å². The zero-order chi connectivity index (χ0) is 20.9. The fraction of sp³-hybridized carbons (Fsp3) is 0.0455. The zero-order valence-electron chi connectivity index (χ0n) is 15.6. The first-order valence-corrected chi connectivity index (χ1v) is 10.8. The maximum Gasteiger partial charge on any atom is 0.258 e. The van der Waals surface area contributed by atoms with Gasteiger partial charge in [0.2, 0.25) is 5.91 Å². The highest BCUT2D eigenvalue weighted by molar-refractivity contribution is 8.01.